The summed E-state index contributed by atoms with van der Waals surface area (Å²) in [5.74, 6) is 0.667. The Morgan fingerprint density at radius 3 is 2.71 bits per heavy atom. The van der Waals surface area contributed by atoms with E-state index in [1.807, 2.05) is 79.2 Å². The first-order valence-corrected chi connectivity index (χ1v) is 11.7. The van der Waals surface area contributed by atoms with Gasteiger partial charge in [-0.1, -0.05) is 30.3 Å². The van der Waals surface area contributed by atoms with Crippen LogP contribution >= 0.6 is 0 Å². The van der Waals surface area contributed by atoms with Crippen molar-refractivity contribution in [3.8, 4) is 11.4 Å². The van der Waals surface area contributed by atoms with E-state index in [2.05, 4.69) is 15.3 Å². The highest BCUT2D eigenvalue weighted by molar-refractivity contribution is 5.92. The quantitative estimate of drug-likeness (QED) is 0.495. The normalized spacial score (nSPS) is 14.4. The summed E-state index contributed by atoms with van der Waals surface area (Å²) in [6.07, 6.45) is 3.40. The van der Waals surface area contributed by atoms with Gasteiger partial charge in [0.15, 0.2) is 0 Å². The predicted octanol–water partition coefficient (Wildman–Crippen LogP) is 3.53. The molecule has 1 fully saturated rings. The van der Waals surface area contributed by atoms with Gasteiger partial charge in [0.05, 0.1) is 24.6 Å². The monoisotopic (exact) mass is 460 g/mol. The molecule has 0 aliphatic carbocycles. The van der Waals surface area contributed by atoms with Gasteiger partial charge in [-0.15, -0.1) is 0 Å². The first kappa shape index (κ1) is 23.7. The highest BCUT2D eigenvalue weighted by Gasteiger charge is 2.11. The van der Waals surface area contributed by atoms with Crippen molar-refractivity contribution in [2.24, 2.45) is 0 Å². The molecule has 178 valence electrons. The van der Waals surface area contributed by atoms with E-state index in [1.165, 1.54) is 0 Å². The Morgan fingerprint density at radius 1 is 1.12 bits per heavy atom. The third-order valence-electron chi connectivity index (χ3n) is 5.89. The number of nitrogens with zero attached hydrogens (tertiary/aromatic N) is 3. The number of amides is 1. The maximum Gasteiger partial charge on any atom is 0.244 e. The van der Waals surface area contributed by atoms with E-state index in [0.29, 0.717) is 13.2 Å². The third-order valence-corrected chi connectivity index (χ3v) is 5.89. The van der Waals surface area contributed by atoms with Crippen LogP contribution in [-0.2, 0) is 16.1 Å². The fourth-order valence-electron chi connectivity index (χ4n) is 3.99. The largest absolute Gasteiger partial charge is 0.492 e. The SMILES string of the molecule is Cc1nn(-c2ccccc2)c(C)c1/C=C/C(=O)NCc1cccc(OCCN2CCOCC2)c1. The van der Waals surface area contributed by atoms with E-state index < -0.39 is 0 Å². The Labute approximate surface area is 201 Å². The highest BCUT2D eigenvalue weighted by Crippen LogP contribution is 2.19. The van der Waals surface area contributed by atoms with Crippen molar-refractivity contribution in [2.75, 3.05) is 39.5 Å². The van der Waals surface area contributed by atoms with E-state index in [0.717, 1.165) is 66.8 Å². The predicted molar refractivity (Wildman–Crippen MR) is 133 cm³/mol. The molecule has 34 heavy (non-hydrogen) atoms. The van der Waals surface area contributed by atoms with Gasteiger partial charge in [0, 0.05) is 43.5 Å². The second kappa shape index (κ2) is 11.6. The summed E-state index contributed by atoms with van der Waals surface area (Å²) < 4.78 is 13.2. The zero-order valence-electron chi connectivity index (χ0n) is 19.9. The van der Waals surface area contributed by atoms with E-state index in [-0.39, 0.29) is 5.91 Å². The molecule has 0 unspecified atom stereocenters. The van der Waals surface area contributed by atoms with Crippen LogP contribution in [-0.4, -0.2) is 60.0 Å². The number of rotatable bonds is 9. The molecule has 1 saturated heterocycles. The summed E-state index contributed by atoms with van der Waals surface area (Å²) in [6, 6.07) is 17.8. The standard InChI is InChI=1S/C27H32N4O3/c1-21-26(22(2)31(29-21)24-8-4-3-5-9-24)11-12-27(32)28-20-23-7-6-10-25(19-23)34-18-15-30-13-16-33-17-14-30/h3-12,19H,13-18,20H2,1-2H3,(H,28,32)/b12-11+. The summed E-state index contributed by atoms with van der Waals surface area (Å²) in [4.78, 5) is 14.8. The Morgan fingerprint density at radius 2 is 1.91 bits per heavy atom. The Kier molecular flexibility index (Phi) is 8.12. The second-order valence-corrected chi connectivity index (χ2v) is 8.33. The molecule has 0 spiro atoms. The topological polar surface area (TPSA) is 68.6 Å². The molecule has 2 heterocycles. The van der Waals surface area contributed by atoms with Gasteiger partial charge in [-0.05, 0) is 49.8 Å². The van der Waals surface area contributed by atoms with E-state index in [9.17, 15) is 4.79 Å². The molecule has 0 saturated carbocycles. The molecule has 0 atom stereocenters. The van der Waals surface area contributed by atoms with Gasteiger partial charge < -0.3 is 14.8 Å². The van der Waals surface area contributed by atoms with Gasteiger partial charge in [0.25, 0.3) is 0 Å². The summed E-state index contributed by atoms with van der Waals surface area (Å²) in [6.45, 7) is 9.40. The number of para-hydroxylation sites is 1. The van der Waals surface area contributed by atoms with Crippen LogP contribution in [0.2, 0.25) is 0 Å². The molecule has 7 heteroatoms. The summed E-state index contributed by atoms with van der Waals surface area (Å²) in [5.41, 5.74) is 4.82. The molecule has 4 rings (SSSR count). The fourth-order valence-corrected chi connectivity index (χ4v) is 3.99. The van der Waals surface area contributed by atoms with Crippen LogP contribution in [0.3, 0.4) is 0 Å². The Hall–Kier alpha value is -3.42. The van der Waals surface area contributed by atoms with Gasteiger partial charge in [-0.2, -0.15) is 5.10 Å². The highest BCUT2D eigenvalue weighted by atomic mass is 16.5. The molecule has 2 aromatic carbocycles. The van der Waals surface area contributed by atoms with Crippen LogP contribution in [0.15, 0.2) is 60.7 Å². The first-order chi connectivity index (χ1) is 16.6. The number of morpholine rings is 1. The second-order valence-electron chi connectivity index (χ2n) is 8.33. The molecule has 1 N–H and O–H groups in total. The number of carbonyl (C=O) groups excluding carboxylic acids is 1. The molecular formula is C27H32N4O3. The van der Waals surface area contributed by atoms with Crippen LogP contribution < -0.4 is 10.1 Å². The summed E-state index contributed by atoms with van der Waals surface area (Å²) >= 11 is 0. The molecule has 1 amide bonds. The first-order valence-electron chi connectivity index (χ1n) is 11.7. The van der Waals surface area contributed by atoms with Crippen LogP contribution in [0.4, 0.5) is 0 Å². The van der Waals surface area contributed by atoms with Gasteiger partial charge in [-0.3, -0.25) is 9.69 Å². The number of hydrogen-bond donors (Lipinski definition) is 1. The number of ether oxygens (including phenoxy) is 2. The van der Waals surface area contributed by atoms with Gasteiger partial charge in [0.2, 0.25) is 5.91 Å². The minimum absolute atomic E-state index is 0.148. The molecule has 0 radical (unpaired) electrons. The number of aryl methyl sites for hydroxylation is 1. The van der Waals surface area contributed by atoms with Crippen molar-refractivity contribution in [3.63, 3.8) is 0 Å². The molecule has 0 bridgehead atoms. The minimum atomic E-state index is -0.148. The van der Waals surface area contributed by atoms with E-state index >= 15 is 0 Å². The number of hydrogen-bond acceptors (Lipinski definition) is 5. The minimum Gasteiger partial charge on any atom is -0.492 e. The number of nitrogens with one attached hydrogen (secondary N) is 1. The molecular weight excluding hydrogens is 428 g/mol. The molecule has 1 aliphatic heterocycles. The molecule has 3 aromatic rings. The maximum atomic E-state index is 12.4. The lowest BCUT2D eigenvalue weighted by Gasteiger charge is -2.26. The van der Waals surface area contributed by atoms with Crippen molar-refractivity contribution < 1.29 is 14.3 Å². The van der Waals surface area contributed by atoms with Gasteiger partial charge in [-0.25, -0.2) is 4.68 Å². The van der Waals surface area contributed by atoms with Crippen molar-refractivity contribution >= 4 is 12.0 Å². The van der Waals surface area contributed by atoms with E-state index in [1.54, 1.807) is 6.08 Å². The zero-order valence-corrected chi connectivity index (χ0v) is 19.9. The van der Waals surface area contributed by atoms with E-state index in [4.69, 9.17) is 9.47 Å². The van der Waals surface area contributed by atoms with Gasteiger partial charge in [0.1, 0.15) is 12.4 Å². The summed E-state index contributed by atoms with van der Waals surface area (Å²) in [7, 11) is 0. The maximum absolute atomic E-state index is 12.4. The van der Waals surface area contributed by atoms with Crippen molar-refractivity contribution in [2.45, 2.75) is 20.4 Å². The molecule has 1 aromatic heterocycles. The molecule has 1 aliphatic rings. The zero-order chi connectivity index (χ0) is 23.8. The third kappa shape index (κ3) is 6.34. The van der Waals surface area contributed by atoms with Crippen molar-refractivity contribution in [1.29, 1.82) is 0 Å². The van der Waals surface area contributed by atoms with Gasteiger partial charge >= 0.3 is 0 Å². The lowest BCUT2D eigenvalue weighted by Crippen LogP contribution is -2.38. The lowest BCUT2D eigenvalue weighted by atomic mass is 10.1. The molecule has 7 nitrogen and oxygen atoms in total. The fraction of sp³-hybridized carbons (Fsp3) is 0.333. The number of aromatic nitrogens is 2. The number of carbonyl (C=O) groups is 1. The smallest absolute Gasteiger partial charge is 0.244 e. The van der Waals surface area contributed by atoms with Crippen molar-refractivity contribution in [1.82, 2.24) is 20.0 Å². The summed E-state index contributed by atoms with van der Waals surface area (Å²) in [5, 5.41) is 7.58. The average molecular weight is 461 g/mol. The lowest BCUT2D eigenvalue weighted by molar-refractivity contribution is -0.116. The van der Waals surface area contributed by atoms with Crippen molar-refractivity contribution in [3.05, 3.63) is 83.2 Å². The Bertz CT molecular complexity index is 1120. The number of benzene rings is 2. The van der Waals surface area contributed by atoms with Crippen LogP contribution in [0.25, 0.3) is 11.8 Å². The van der Waals surface area contributed by atoms with Crippen LogP contribution in [0, 0.1) is 13.8 Å². The van der Waals surface area contributed by atoms with Crippen LogP contribution in [0.1, 0.15) is 22.5 Å². The average Bonchev–Trinajstić information content (AvgIpc) is 3.16. The van der Waals surface area contributed by atoms with Crippen LogP contribution in [0.5, 0.6) is 5.75 Å². The Balaban J connectivity index is 1.29.